The number of amides is 1. The average Bonchev–Trinajstić information content (AvgIpc) is 3.13. The highest BCUT2D eigenvalue weighted by atomic mass is 32.1. The molecule has 0 atom stereocenters. The molecule has 1 aliphatic heterocycles. The standard InChI is InChI=1S/C14H18N2O2S/c17-12(13-2-1-9-19-13)10-15-5-7-16(8-6-15)14(18)11-3-4-11/h1-2,9,11H,3-8,10H2. The molecule has 2 aliphatic rings. The lowest BCUT2D eigenvalue weighted by Gasteiger charge is -2.34. The van der Waals surface area contributed by atoms with Crippen LogP contribution in [0.25, 0.3) is 0 Å². The smallest absolute Gasteiger partial charge is 0.225 e. The maximum atomic E-state index is 12.0. The quantitative estimate of drug-likeness (QED) is 0.783. The normalized spacial score (nSPS) is 20.5. The number of thiophene rings is 1. The summed E-state index contributed by atoms with van der Waals surface area (Å²) in [6, 6.07) is 3.78. The van der Waals surface area contributed by atoms with E-state index < -0.39 is 0 Å². The first-order valence-electron chi connectivity index (χ1n) is 6.82. The lowest BCUT2D eigenvalue weighted by Crippen LogP contribution is -2.50. The molecule has 2 fully saturated rings. The fraction of sp³-hybridized carbons (Fsp3) is 0.571. The van der Waals surface area contributed by atoms with Crippen LogP contribution in [-0.4, -0.2) is 54.2 Å². The molecule has 0 bridgehead atoms. The Labute approximate surface area is 117 Å². The van der Waals surface area contributed by atoms with Crippen molar-refractivity contribution >= 4 is 23.0 Å². The van der Waals surface area contributed by atoms with Crippen LogP contribution in [0, 0.1) is 5.92 Å². The molecule has 0 unspecified atom stereocenters. The summed E-state index contributed by atoms with van der Waals surface area (Å²) in [6.07, 6.45) is 2.13. The number of ketones is 1. The summed E-state index contributed by atoms with van der Waals surface area (Å²) < 4.78 is 0. The number of rotatable bonds is 4. The zero-order chi connectivity index (χ0) is 13.2. The summed E-state index contributed by atoms with van der Waals surface area (Å²) in [4.78, 5) is 28.9. The molecule has 1 saturated carbocycles. The zero-order valence-corrected chi connectivity index (χ0v) is 11.7. The molecule has 3 rings (SSSR count). The second-order valence-corrected chi connectivity index (χ2v) is 6.22. The lowest BCUT2D eigenvalue weighted by atomic mass is 10.2. The first kappa shape index (κ1) is 12.8. The van der Waals surface area contributed by atoms with E-state index in [1.54, 1.807) is 0 Å². The molecule has 19 heavy (non-hydrogen) atoms. The maximum Gasteiger partial charge on any atom is 0.225 e. The van der Waals surface area contributed by atoms with Gasteiger partial charge in [0, 0.05) is 32.1 Å². The molecule has 102 valence electrons. The van der Waals surface area contributed by atoms with Gasteiger partial charge in [0.05, 0.1) is 11.4 Å². The highest BCUT2D eigenvalue weighted by Gasteiger charge is 2.34. The van der Waals surface area contributed by atoms with Gasteiger partial charge < -0.3 is 4.90 Å². The maximum absolute atomic E-state index is 12.0. The number of hydrogen-bond donors (Lipinski definition) is 0. The molecule has 4 nitrogen and oxygen atoms in total. The zero-order valence-electron chi connectivity index (χ0n) is 10.9. The van der Waals surface area contributed by atoms with Crippen molar-refractivity contribution in [1.29, 1.82) is 0 Å². The average molecular weight is 278 g/mol. The van der Waals surface area contributed by atoms with Crippen molar-refractivity contribution in [2.24, 2.45) is 5.92 Å². The van der Waals surface area contributed by atoms with E-state index in [1.165, 1.54) is 11.3 Å². The van der Waals surface area contributed by atoms with Gasteiger partial charge in [-0.25, -0.2) is 0 Å². The predicted molar refractivity (Wildman–Crippen MR) is 74.4 cm³/mol. The minimum absolute atomic E-state index is 0.192. The second-order valence-electron chi connectivity index (χ2n) is 5.28. The summed E-state index contributed by atoms with van der Waals surface area (Å²) >= 11 is 1.50. The third-order valence-corrected chi connectivity index (χ3v) is 4.68. The number of piperazine rings is 1. The van der Waals surface area contributed by atoms with E-state index in [0.717, 1.165) is 43.9 Å². The lowest BCUT2D eigenvalue weighted by molar-refractivity contribution is -0.134. The number of nitrogens with zero attached hydrogens (tertiary/aromatic N) is 2. The molecule has 0 N–H and O–H groups in total. The van der Waals surface area contributed by atoms with Gasteiger partial charge in [0.1, 0.15) is 0 Å². The first-order chi connectivity index (χ1) is 9.24. The highest BCUT2D eigenvalue weighted by Crippen LogP contribution is 2.31. The van der Waals surface area contributed by atoms with E-state index in [0.29, 0.717) is 18.4 Å². The number of Topliss-reactive ketones (excluding diaryl/α,β-unsaturated/α-hetero) is 1. The van der Waals surface area contributed by atoms with Crippen LogP contribution in [0.1, 0.15) is 22.5 Å². The van der Waals surface area contributed by atoms with Gasteiger partial charge >= 0.3 is 0 Å². The van der Waals surface area contributed by atoms with Crippen LogP contribution in [0.4, 0.5) is 0 Å². The van der Waals surface area contributed by atoms with E-state index in [-0.39, 0.29) is 5.78 Å². The van der Waals surface area contributed by atoms with Crippen molar-refractivity contribution in [1.82, 2.24) is 9.80 Å². The van der Waals surface area contributed by atoms with Gasteiger partial charge in [-0.1, -0.05) is 6.07 Å². The van der Waals surface area contributed by atoms with Gasteiger partial charge in [0.2, 0.25) is 5.91 Å². The molecular weight excluding hydrogens is 260 g/mol. The molecule has 1 aliphatic carbocycles. The second kappa shape index (κ2) is 5.43. The summed E-state index contributed by atoms with van der Waals surface area (Å²) in [5.41, 5.74) is 0. The van der Waals surface area contributed by atoms with E-state index in [4.69, 9.17) is 0 Å². The predicted octanol–water partition coefficient (Wildman–Crippen LogP) is 1.48. The SMILES string of the molecule is O=C(CN1CCN(C(=O)C2CC2)CC1)c1cccs1. The molecule has 0 spiro atoms. The van der Waals surface area contributed by atoms with E-state index in [2.05, 4.69) is 4.90 Å². The summed E-state index contributed by atoms with van der Waals surface area (Å²) in [6.45, 7) is 3.65. The number of carbonyl (C=O) groups excluding carboxylic acids is 2. The van der Waals surface area contributed by atoms with Gasteiger partial charge in [-0.15, -0.1) is 11.3 Å². The molecule has 5 heteroatoms. The Morgan fingerprint density at radius 2 is 1.95 bits per heavy atom. The Hall–Kier alpha value is -1.20. The Morgan fingerprint density at radius 1 is 1.21 bits per heavy atom. The Balaban J connectivity index is 1.47. The molecule has 1 saturated heterocycles. The van der Waals surface area contributed by atoms with Gasteiger partial charge in [0.15, 0.2) is 5.78 Å². The minimum Gasteiger partial charge on any atom is -0.340 e. The van der Waals surface area contributed by atoms with E-state index in [9.17, 15) is 9.59 Å². The number of hydrogen-bond acceptors (Lipinski definition) is 4. The van der Waals surface area contributed by atoms with Gasteiger partial charge in [-0.2, -0.15) is 0 Å². The van der Waals surface area contributed by atoms with Crippen molar-refractivity contribution in [3.05, 3.63) is 22.4 Å². The van der Waals surface area contributed by atoms with Gasteiger partial charge in [-0.05, 0) is 24.3 Å². The number of carbonyl (C=O) groups is 2. The third kappa shape index (κ3) is 3.04. The highest BCUT2D eigenvalue weighted by molar-refractivity contribution is 7.12. The first-order valence-corrected chi connectivity index (χ1v) is 7.70. The topological polar surface area (TPSA) is 40.6 Å². The molecule has 1 aromatic rings. The van der Waals surface area contributed by atoms with Crippen molar-refractivity contribution in [2.45, 2.75) is 12.8 Å². The summed E-state index contributed by atoms with van der Waals surface area (Å²) in [5, 5.41) is 1.93. The van der Waals surface area contributed by atoms with Crippen LogP contribution in [0.15, 0.2) is 17.5 Å². The van der Waals surface area contributed by atoms with E-state index >= 15 is 0 Å². The van der Waals surface area contributed by atoms with Crippen molar-refractivity contribution in [2.75, 3.05) is 32.7 Å². The molecular formula is C14H18N2O2S. The van der Waals surface area contributed by atoms with Crippen LogP contribution in [0.3, 0.4) is 0 Å². The Morgan fingerprint density at radius 3 is 2.53 bits per heavy atom. The fourth-order valence-corrected chi connectivity index (χ4v) is 3.09. The molecule has 1 aromatic heterocycles. The molecule has 1 amide bonds. The van der Waals surface area contributed by atoms with Crippen LogP contribution in [-0.2, 0) is 4.79 Å². The molecule has 0 radical (unpaired) electrons. The largest absolute Gasteiger partial charge is 0.340 e. The van der Waals surface area contributed by atoms with Crippen molar-refractivity contribution in [3.8, 4) is 0 Å². The van der Waals surface area contributed by atoms with Crippen LogP contribution in [0.2, 0.25) is 0 Å². The summed E-state index contributed by atoms with van der Waals surface area (Å²) in [5.74, 6) is 0.820. The Kier molecular flexibility index (Phi) is 3.66. The monoisotopic (exact) mass is 278 g/mol. The van der Waals surface area contributed by atoms with E-state index in [1.807, 2.05) is 22.4 Å². The molecule has 0 aromatic carbocycles. The Bertz CT molecular complexity index is 460. The van der Waals surface area contributed by atoms with Crippen LogP contribution in [0.5, 0.6) is 0 Å². The minimum atomic E-state index is 0.192. The summed E-state index contributed by atoms with van der Waals surface area (Å²) in [7, 11) is 0. The van der Waals surface area contributed by atoms with Crippen molar-refractivity contribution in [3.63, 3.8) is 0 Å². The third-order valence-electron chi connectivity index (χ3n) is 3.77. The fourth-order valence-electron chi connectivity index (χ4n) is 2.43. The van der Waals surface area contributed by atoms with Gasteiger partial charge in [-0.3, -0.25) is 14.5 Å². The van der Waals surface area contributed by atoms with Crippen LogP contribution < -0.4 is 0 Å². The van der Waals surface area contributed by atoms with Crippen LogP contribution >= 0.6 is 11.3 Å². The molecule has 2 heterocycles. The van der Waals surface area contributed by atoms with Gasteiger partial charge in [0.25, 0.3) is 0 Å². The van der Waals surface area contributed by atoms with Crippen molar-refractivity contribution < 1.29 is 9.59 Å².